The fraction of sp³-hybridized carbons (Fsp3) is 0.609. The molecule has 0 saturated heterocycles. The molecule has 0 rings (SSSR count). The van der Waals surface area contributed by atoms with Crippen molar-refractivity contribution in [3.8, 4) is 0 Å². The van der Waals surface area contributed by atoms with Gasteiger partial charge >= 0.3 is 17.9 Å². The largest absolute Gasteiger partial charge is 0.462 e. The second-order valence-electron chi connectivity index (χ2n) is 19.5. The first-order valence-electron chi connectivity index (χ1n) is 30.3. The van der Waals surface area contributed by atoms with Crippen molar-refractivity contribution >= 4 is 17.9 Å². The van der Waals surface area contributed by atoms with Gasteiger partial charge in [0.05, 0.1) is 0 Å². The lowest BCUT2D eigenvalue weighted by atomic mass is 10.1. The van der Waals surface area contributed by atoms with Gasteiger partial charge in [-0.3, -0.25) is 14.4 Å². The van der Waals surface area contributed by atoms with Crippen LogP contribution in [0.1, 0.15) is 252 Å². The molecule has 422 valence electrons. The average molecular weight is 1040 g/mol. The highest BCUT2D eigenvalue weighted by molar-refractivity contribution is 5.71. The molecule has 6 nitrogen and oxygen atoms in total. The Balaban J connectivity index is 4.45. The van der Waals surface area contributed by atoms with Crippen molar-refractivity contribution in [3.05, 3.63) is 146 Å². The van der Waals surface area contributed by atoms with Crippen LogP contribution < -0.4 is 0 Å². The number of ether oxygens (including phenoxy) is 3. The highest BCUT2D eigenvalue weighted by atomic mass is 16.6. The summed E-state index contributed by atoms with van der Waals surface area (Å²) in [4.78, 5) is 38.2. The third-order valence-corrected chi connectivity index (χ3v) is 12.3. The maximum atomic E-state index is 12.9. The normalized spacial score (nSPS) is 13.2. The van der Waals surface area contributed by atoms with Crippen LogP contribution in [-0.2, 0) is 28.6 Å². The zero-order valence-electron chi connectivity index (χ0n) is 48.3. The average Bonchev–Trinajstić information content (AvgIpc) is 3.41. The third kappa shape index (κ3) is 60.0. The van der Waals surface area contributed by atoms with Crippen molar-refractivity contribution < 1.29 is 28.6 Å². The number of carbonyl (C=O) groups is 3. The lowest BCUT2D eigenvalue weighted by Crippen LogP contribution is -2.30. The summed E-state index contributed by atoms with van der Waals surface area (Å²) in [5.74, 6) is -0.967. The molecule has 0 aliphatic heterocycles. The van der Waals surface area contributed by atoms with Gasteiger partial charge in [-0.2, -0.15) is 0 Å². The zero-order chi connectivity index (χ0) is 54.3. The minimum Gasteiger partial charge on any atom is -0.462 e. The van der Waals surface area contributed by atoms with E-state index in [1.165, 1.54) is 64.2 Å². The van der Waals surface area contributed by atoms with Crippen LogP contribution in [0.25, 0.3) is 0 Å². The maximum Gasteiger partial charge on any atom is 0.306 e. The lowest BCUT2D eigenvalue weighted by molar-refractivity contribution is -0.167. The zero-order valence-corrected chi connectivity index (χ0v) is 48.3. The van der Waals surface area contributed by atoms with E-state index in [4.69, 9.17) is 14.2 Å². The SMILES string of the molecule is CC/C=C\C/C=C\C/C=C\C/C=C\C/C=C\C/C=C\CCCCCCCCC(=O)OCC(COC(=O)CCCCCCCCCCCCC)OC(=O)CCCC/C=C\C/C=C\C/C=C\C/C=C\C/C=C\C/C=C\CC. The van der Waals surface area contributed by atoms with Crippen LogP contribution in [0.2, 0.25) is 0 Å². The van der Waals surface area contributed by atoms with E-state index in [-0.39, 0.29) is 37.5 Å². The van der Waals surface area contributed by atoms with Gasteiger partial charge < -0.3 is 14.2 Å². The van der Waals surface area contributed by atoms with Gasteiger partial charge in [0.25, 0.3) is 0 Å². The van der Waals surface area contributed by atoms with E-state index in [0.29, 0.717) is 19.3 Å². The van der Waals surface area contributed by atoms with Crippen LogP contribution in [0, 0.1) is 0 Å². The van der Waals surface area contributed by atoms with E-state index >= 15 is 0 Å². The molecule has 0 spiro atoms. The third-order valence-electron chi connectivity index (χ3n) is 12.3. The van der Waals surface area contributed by atoms with E-state index in [1.807, 2.05) is 0 Å². The van der Waals surface area contributed by atoms with E-state index < -0.39 is 6.10 Å². The minimum absolute atomic E-state index is 0.104. The molecule has 1 atom stereocenters. The lowest BCUT2D eigenvalue weighted by Gasteiger charge is -2.18. The maximum absolute atomic E-state index is 12.9. The van der Waals surface area contributed by atoms with Crippen molar-refractivity contribution in [2.75, 3.05) is 13.2 Å². The van der Waals surface area contributed by atoms with Crippen LogP contribution in [0.5, 0.6) is 0 Å². The Bertz CT molecular complexity index is 1660. The predicted molar refractivity (Wildman–Crippen MR) is 325 cm³/mol. The predicted octanol–water partition coefficient (Wildman–Crippen LogP) is 20.8. The first kappa shape index (κ1) is 70.3. The van der Waals surface area contributed by atoms with Gasteiger partial charge in [-0.05, 0) is 122 Å². The van der Waals surface area contributed by atoms with Crippen molar-refractivity contribution in [2.45, 2.75) is 258 Å². The molecule has 1 unspecified atom stereocenters. The Kier molecular flexibility index (Phi) is 58.0. The van der Waals surface area contributed by atoms with Gasteiger partial charge in [-0.1, -0.05) is 256 Å². The smallest absolute Gasteiger partial charge is 0.306 e. The molecule has 6 heteroatoms. The van der Waals surface area contributed by atoms with Crippen molar-refractivity contribution in [3.63, 3.8) is 0 Å². The van der Waals surface area contributed by atoms with Gasteiger partial charge in [0.1, 0.15) is 13.2 Å². The van der Waals surface area contributed by atoms with Crippen molar-refractivity contribution in [2.24, 2.45) is 0 Å². The number of esters is 3. The second-order valence-corrected chi connectivity index (χ2v) is 19.5. The number of hydrogen-bond donors (Lipinski definition) is 0. The van der Waals surface area contributed by atoms with Gasteiger partial charge in [0.2, 0.25) is 0 Å². The van der Waals surface area contributed by atoms with Crippen LogP contribution in [-0.4, -0.2) is 37.2 Å². The summed E-state index contributed by atoms with van der Waals surface area (Å²) in [7, 11) is 0. The second kappa shape index (κ2) is 61.8. The van der Waals surface area contributed by atoms with E-state index in [2.05, 4.69) is 167 Å². The molecule has 0 fully saturated rings. The fourth-order valence-corrected chi connectivity index (χ4v) is 7.86. The summed E-state index contributed by atoms with van der Waals surface area (Å²) < 4.78 is 16.8. The van der Waals surface area contributed by atoms with Crippen molar-refractivity contribution in [1.29, 1.82) is 0 Å². The number of carbonyl (C=O) groups excluding carboxylic acids is 3. The molecule has 0 aromatic heterocycles. The van der Waals surface area contributed by atoms with E-state index in [9.17, 15) is 14.4 Å². The molecule has 0 aromatic rings. The minimum atomic E-state index is -0.813. The van der Waals surface area contributed by atoms with Crippen LogP contribution in [0.4, 0.5) is 0 Å². The van der Waals surface area contributed by atoms with Gasteiger partial charge in [0.15, 0.2) is 6.10 Å². The van der Waals surface area contributed by atoms with Crippen LogP contribution in [0.3, 0.4) is 0 Å². The molecule has 75 heavy (non-hydrogen) atoms. The summed E-state index contributed by atoms with van der Waals surface area (Å²) >= 11 is 0. The molecule has 0 radical (unpaired) electrons. The summed E-state index contributed by atoms with van der Waals surface area (Å²) in [6, 6.07) is 0. The van der Waals surface area contributed by atoms with Crippen molar-refractivity contribution in [1.82, 2.24) is 0 Å². The Labute approximate surface area is 461 Å². The Hall–Kier alpha value is -4.71. The Morgan fingerprint density at radius 3 is 0.840 bits per heavy atom. The first-order chi connectivity index (χ1) is 37.0. The molecule has 0 aromatic carbocycles. The number of hydrogen-bond acceptors (Lipinski definition) is 6. The van der Waals surface area contributed by atoms with Gasteiger partial charge in [0, 0.05) is 19.3 Å². The summed E-state index contributed by atoms with van der Waals surface area (Å²) in [6.07, 6.45) is 88.4. The Morgan fingerprint density at radius 2 is 0.520 bits per heavy atom. The fourth-order valence-electron chi connectivity index (χ4n) is 7.86. The molecule has 0 aliphatic rings. The van der Waals surface area contributed by atoms with Gasteiger partial charge in [-0.25, -0.2) is 0 Å². The molecule has 0 bridgehead atoms. The highest BCUT2D eigenvalue weighted by Crippen LogP contribution is 2.14. The number of unbranched alkanes of at least 4 members (excludes halogenated alkanes) is 18. The van der Waals surface area contributed by atoms with Crippen LogP contribution >= 0.6 is 0 Å². The molecule has 0 amide bonds. The molecule has 0 saturated carbocycles. The van der Waals surface area contributed by atoms with E-state index in [1.54, 1.807) is 0 Å². The quantitative estimate of drug-likeness (QED) is 0.0261. The molecular formula is C69H110O6. The first-order valence-corrected chi connectivity index (χ1v) is 30.3. The monoisotopic (exact) mass is 1030 g/mol. The standard InChI is InChI=1S/C69H110O6/c1-4-7-10-13-16-19-22-24-26-28-30-32-33-34-35-37-38-40-42-44-47-50-53-56-59-62-68(71)74-65-66(64-73-67(70)61-58-55-52-49-46-21-18-15-12-9-6-3)75-69(72)63-60-57-54-51-48-45-43-41-39-36-31-29-27-25-23-20-17-14-11-8-5-2/h7-8,10-11,16-17,19-20,24-27,30-32,34-36,38,40-41,43,48,51,66H,4-6,9,12-15,18,21-23,28-29,33,37,39,42,44-47,49-50,52-65H2,1-3H3/b10-7-,11-8-,19-16-,20-17-,26-24-,27-25-,32-30-,35-34-,36-31-,40-38-,43-41-,51-48-. The molecule has 0 N–H and O–H groups in total. The summed E-state index contributed by atoms with van der Waals surface area (Å²) in [5.41, 5.74) is 0. The Morgan fingerprint density at radius 1 is 0.280 bits per heavy atom. The van der Waals surface area contributed by atoms with Gasteiger partial charge in [-0.15, -0.1) is 0 Å². The molecular weight excluding hydrogens is 925 g/mol. The van der Waals surface area contributed by atoms with E-state index in [0.717, 1.165) is 141 Å². The van der Waals surface area contributed by atoms with Crippen LogP contribution in [0.15, 0.2) is 146 Å². The molecule has 0 aliphatic carbocycles. The highest BCUT2D eigenvalue weighted by Gasteiger charge is 2.19. The molecule has 0 heterocycles. The summed E-state index contributed by atoms with van der Waals surface area (Å²) in [6.45, 7) is 6.35. The number of rotatable bonds is 53. The number of allylic oxidation sites excluding steroid dienone is 24. The topological polar surface area (TPSA) is 78.9 Å². The summed E-state index contributed by atoms with van der Waals surface area (Å²) in [5, 5.41) is 0.